The van der Waals surface area contributed by atoms with Crippen molar-refractivity contribution in [1.29, 1.82) is 0 Å². The van der Waals surface area contributed by atoms with Crippen molar-refractivity contribution < 1.29 is 9.59 Å². The number of nitrogens with one attached hydrogen (secondary N) is 1. The highest BCUT2D eigenvalue weighted by Crippen LogP contribution is 2.27. The van der Waals surface area contributed by atoms with E-state index in [1.165, 1.54) is 24.0 Å². The molecule has 0 bridgehead atoms. The Balaban J connectivity index is 1.62. The third-order valence-corrected chi connectivity index (χ3v) is 5.34. The van der Waals surface area contributed by atoms with Gasteiger partial charge in [0.25, 0.3) is 0 Å². The van der Waals surface area contributed by atoms with Crippen LogP contribution in [0.4, 0.5) is 11.4 Å². The van der Waals surface area contributed by atoms with Crippen molar-refractivity contribution in [3.8, 4) is 0 Å². The fraction of sp³-hybridized carbons (Fsp3) is 0.391. The molecule has 27 heavy (non-hydrogen) atoms. The molecule has 1 unspecified atom stereocenters. The lowest BCUT2D eigenvalue weighted by Gasteiger charge is -2.18. The number of unbranched alkanes of at least 4 members (excludes halogenated alkanes) is 1. The molecular formula is C23H28N2O2. The minimum Gasteiger partial charge on any atom is -0.326 e. The zero-order valence-corrected chi connectivity index (χ0v) is 16.4. The van der Waals surface area contributed by atoms with E-state index in [9.17, 15) is 9.59 Å². The van der Waals surface area contributed by atoms with Gasteiger partial charge in [-0.15, -0.1) is 0 Å². The second-order valence-electron chi connectivity index (χ2n) is 7.46. The lowest BCUT2D eigenvalue weighted by Crippen LogP contribution is -2.28. The number of aryl methyl sites for hydroxylation is 3. The topological polar surface area (TPSA) is 49.4 Å². The predicted octanol–water partition coefficient (Wildman–Crippen LogP) is 4.64. The van der Waals surface area contributed by atoms with Crippen molar-refractivity contribution in [1.82, 2.24) is 0 Å². The summed E-state index contributed by atoms with van der Waals surface area (Å²) in [5.41, 5.74) is 5.29. The van der Waals surface area contributed by atoms with Crippen LogP contribution >= 0.6 is 0 Å². The summed E-state index contributed by atoms with van der Waals surface area (Å²) in [6.45, 7) is 6.70. The van der Waals surface area contributed by atoms with Crippen molar-refractivity contribution in [3.63, 3.8) is 0 Å². The molecule has 1 aliphatic rings. The van der Waals surface area contributed by atoms with Gasteiger partial charge in [-0.1, -0.05) is 31.5 Å². The van der Waals surface area contributed by atoms with Crippen LogP contribution in [-0.4, -0.2) is 18.4 Å². The van der Waals surface area contributed by atoms with Gasteiger partial charge in [-0.2, -0.15) is 0 Å². The zero-order valence-electron chi connectivity index (χ0n) is 16.4. The van der Waals surface area contributed by atoms with E-state index >= 15 is 0 Å². The first-order valence-electron chi connectivity index (χ1n) is 9.75. The average Bonchev–Trinajstić information content (AvgIpc) is 3.05. The molecule has 3 rings (SSSR count). The lowest BCUT2D eigenvalue weighted by atomic mass is 10.1. The first kappa shape index (κ1) is 19.2. The average molecular weight is 364 g/mol. The highest BCUT2D eigenvalue weighted by molar-refractivity contribution is 6.03. The Morgan fingerprint density at radius 3 is 2.52 bits per heavy atom. The van der Waals surface area contributed by atoms with E-state index < -0.39 is 0 Å². The Morgan fingerprint density at radius 2 is 1.85 bits per heavy atom. The summed E-state index contributed by atoms with van der Waals surface area (Å²) in [6, 6.07) is 14.0. The first-order valence-corrected chi connectivity index (χ1v) is 9.75. The molecule has 1 heterocycles. The molecule has 0 aromatic heterocycles. The number of amides is 2. The van der Waals surface area contributed by atoms with Gasteiger partial charge >= 0.3 is 0 Å². The maximum Gasteiger partial charge on any atom is 0.229 e. The standard InChI is InChI=1S/C23H28N2O2/c1-4-5-6-18-8-10-20(11-9-18)24-23(27)19-14-22(26)25(15-19)21-12-7-16(2)17(3)13-21/h7-13,19H,4-6,14-15H2,1-3H3,(H,24,27). The molecule has 0 radical (unpaired) electrons. The summed E-state index contributed by atoms with van der Waals surface area (Å²) in [5, 5.41) is 2.96. The largest absolute Gasteiger partial charge is 0.326 e. The molecule has 142 valence electrons. The fourth-order valence-electron chi connectivity index (χ4n) is 3.41. The lowest BCUT2D eigenvalue weighted by molar-refractivity contribution is -0.122. The summed E-state index contributed by atoms with van der Waals surface area (Å²) in [7, 11) is 0. The van der Waals surface area contributed by atoms with Crippen LogP contribution in [0.3, 0.4) is 0 Å². The third kappa shape index (κ3) is 4.57. The van der Waals surface area contributed by atoms with E-state index in [1.807, 2.05) is 37.3 Å². The van der Waals surface area contributed by atoms with Gasteiger partial charge in [0.1, 0.15) is 0 Å². The van der Waals surface area contributed by atoms with Gasteiger partial charge in [0.15, 0.2) is 0 Å². The minimum atomic E-state index is -0.320. The Bertz CT molecular complexity index is 827. The van der Waals surface area contributed by atoms with Crippen molar-refractivity contribution in [2.24, 2.45) is 5.92 Å². The molecular weight excluding hydrogens is 336 g/mol. The second kappa shape index (κ2) is 8.38. The molecule has 2 aromatic rings. The van der Waals surface area contributed by atoms with Crippen LogP contribution in [0.2, 0.25) is 0 Å². The Morgan fingerprint density at radius 1 is 1.11 bits per heavy atom. The molecule has 2 amide bonds. The second-order valence-corrected chi connectivity index (χ2v) is 7.46. The highest BCUT2D eigenvalue weighted by atomic mass is 16.2. The predicted molar refractivity (Wildman–Crippen MR) is 110 cm³/mol. The third-order valence-electron chi connectivity index (χ3n) is 5.34. The Kier molecular flexibility index (Phi) is 5.94. The number of carbonyl (C=O) groups is 2. The molecule has 2 aromatic carbocycles. The van der Waals surface area contributed by atoms with Crippen LogP contribution in [0.5, 0.6) is 0 Å². The number of carbonyl (C=O) groups excluding carboxylic acids is 2. The van der Waals surface area contributed by atoms with Crippen molar-refractivity contribution >= 4 is 23.2 Å². The van der Waals surface area contributed by atoms with E-state index in [4.69, 9.17) is 0 Å². The van der Waals surface area contributed by atoms with Crippen LogP contribution in [-0.2, 0) is 16.0 Å². The number of hydrogen-bond donors (Lipinski definition) is 1. The molecule has 1 N–H and O–H groups in total. The molecule has 1 fully saturated rings. The van der Waals surface area contributed by atoms with Crippen molar-refractivity contribution in [2.75, 3.05) is 16.8 Å². The molecule has 4 heteroatoms. The van der Waals surface area contributed by atoms with E-state index in [0.29, 0.717) is 6.54 Å². The minimum absolute atomic E-state index is 0.00770. The fourth-order valence-corrected chi connectivity index (χ4v) is 3.41. The van der Waals surface area contributed by atoms with E-state index in [-0.39, 0.29) is 24.2 Å². The van der Waals surface area contributed by atoms with Gasteiger partial charge in [0.2, 0.25) is 11.8 Å². The normalized spacial score (nSPS) is 16.6. The van der Waals surface area contributed by atoms with Gasteiger partial charge in [-0.05, 0) is 67.6 Å². The molecule has 4 nitrogen and oxygen atoms in total. The number of nitrogens with zero attached hydrogens (tertiary/aromatic N) is 1. The molecule has 1 aliphatic heterocycles. The summed E-state index contributed by atoms with van der Waals surface area (Å²) in [6.07, 6.45) is 3.66. The first-order chi connectivity index (χ1) is 13.0. The van der Waals surface area contributed by atoms with Gasteiger partial charge in [-0.3, -0.25) is 9.59 Å². The quantitative estimate of drug-likeness (QED) is 0.812. The number of anilines is 2. The monoisotopic (exact) mass is 364 g/mol. The van der Waals surface area contributed by atoms with Gasteiger partial charge in [0.05, 0.1) is 5.92 Å². The zero-order chi connectivity index (χ0) is 19.4. The van der Waals surface area contributed by atoms with Crippen molar-refractivity contribution in [3.05, 3.63) is 59.2 Å². The van der Waals surface area contributed by atoms with Crippen LogP contribution in [0.25, 0.3) is 0 Å². The Labute approximate surface area is 161 Å². The number of benzene rings is 2. The van der Waals surface area contributed by atoms with E-state index in [0.717, 1.165) is 23.4 Å². The Hall–Kier alpha value is -2.62. The summed E-state index contributed by atoms with van der Waals surface area (Å²) >= 11 is 0. The summed E-state index contributed by atoms with van der Waals surface area (Å²) < 4.78 is 0. The van der Waals surface area contributed by atoms with E-state index in [1.54, 1.807) is 4.90 Å². The molecule has 0 saturated carbocycles. The maximum absolute atomic E-state index is 12.6. The smallest absolute Gasteiger partial charge is 0.229 e. The summed E-state index contributed by atoms with van der Waals surface area (Å²) in [5.74, 6) is -0.400. The molecule has 1 saturated heterocycles. The van der Waals surface area contributed by atoms with Crippen molar-refractivity contribution in [2.45, 2.75) is 46.5 Å². The SMILES string of the molecule is CCCCc1ccc(NC(=O)C2CC(=O)N(c3ccc(C)c(C)c3)C2)cc1. The van der Waals surface area contributed by atoms with Gasteiger partial charge in [0, 0.05) is 24.3 Å². The molecule has 0 spiro atoms. The number of rotatable bonds is 6. The van der Waals surface area contributed by atoms with E-state index in [2.05, 4.69) is 31.3 Å². The van der Waals surface area contributed by atoms with Crippen LogP contribution in [0.1, 0.15) is 42.9 Å². The van der Waals surface area contributed by atoms with Crippen LogP contribution < -0.4 is 10.2 Å². The van der Waals surface area contributed by atoms with Gasteiger partial charge < -0.3 is 10.2 Å². The van der Waals surface area contributed by atoms with Gasteiger partial charge in [-0.25, -0.2) is 0 Å². The molecule has 0 aliphatic carbocycles. The molecule has 1 atom stereocenters. The summed E-state index contributed by atoms with van der Waals surface area (Å²) in [4.78, 5) is 26.8. The highest BCUT2D eigenvalue weighted by Gasteiger charge is 2.35. The van der Waals surface area contributed by atoms with Crippen LogP contribution in [0, 0.1) is 19.8 Å². The number of hydrogen-bond acceptors (Lipinski definition) is 2. The maximum atomic E-state index is 12.6. The van der Waals surface area contributed by atoms with Crippen LogP contribution in [0.15, 0.2) is 42.5 Å².